The molecule has 0 unspecified atom stereocenters. The van der Waals surface area contributed by atoms with Crippen LogP contribution in [0.1, 0.15) is 0 Å². The van der Waals surface area contributed by atoms with Crippen LogP contribution < -0.4 is 10.5 Å². The van der Waals surface area contributed by atoms with Crippen molar-refractivity contribution in [1.29, 1.82) is 0 Å². The second-order valence-electron chi connectivity index (χ2n) is 5.24. The first-order valence-corrected chi connectivity index (χ1v) is 6.98. The van der Waals surface area contributed by atoms with Crippen molar-refractivity contribution in [2.24, 2.45) is 0 Å². The smallest absolute Gasteiger partial charge is 0.407 e. The number of aliphatic carboxylic acids is 1. The molecule has 0 aliphatic carbocycles. The zero-order valence-corrected chi connectivity index (χ0v) is 12.1. The predicted molar refractivity (Wildman–Crippen MR) is 79.8 cm³/mol. The Kier molecular flexibility index (Phi) is 3.64. The van der Waals surface area contributed by atoms with Crippen molar-refractivity contribution in [2.45, 2.75) is 6.54 Å². The van der Waals surface area contributed by atoms with Gasteiger partial charge in [-0.15, -0.1) is 0 Å². The Balaban J connectivity index is 1.88. The average molecular weight is 321 g/mol. The van der Waals surface area contributed by atoms with Crippen molar-refractivity contribution in [2.75, 3.05) is 31.1 Å². The van der Waals surface area contributed by atoms with Gasteiger partial charge < -0.3 is 29.6 Å². The first kappa shape index (κ1) is 14.9. The molecule has 2 aromatic rings. The minimum absolute atomic E-state index is 0.209. The molecular formula is C13H15N5O5. The van der Waals surface area contributed by atoms with Crippen LogP contribution >= 0.6 is 0 Å². The van der Waals surface area contributed by atoms with E-state index >= 15 is 0 Å². The largest absolute Gasteiger partial charge is 0.480 e. The molecule has 1 saturated heterocycles. The zero-order valence-electron chi connectivity index (χ0n) is 12.1. The number of rotatable bonds is 3. The molecule has 0 aromatic carbocycles. The Morgan fingerprint density at radius 3 is 2.52 bits per heavy atom. The first-order valence-electron chi connectivity index (χ1n) is 6.98. The molecule has 0 atom stereocenters. The second kappa shape index (κ2) is 5.63. The standard InChI is InChI=1S/C13H15N5O5/c19-10(20)6-18-7-14-8-5-9(15-12(21)11(8)18)16-1-3-17(4-2-16)13(22)23/h5,7H,1-4,6H2,(H,15,21)(H,19,20)(H,22,23). The predicted octanol–water partition coefficient (Wildman–Crippen LogP) is -0.391. The number of nitrogens with one attached hydrogen (secondary N) is 1. The van der Waals surface area contributed by atoms with Crippen molar-refractivity contribution in [1.82, 2.24) is 19.4 Å². The van der Waals surface area contributed by atoms with Gasteiger partial charge in [0.1, 0.15) is 17.9 Å². The van der Waals surface area contributed by atoms with Crippen molar-refractivity contribution >= 4 is 28.9 Å². The van der Waals surface area contributed by atoms with E-state index in [4.69, 9.17) is 10.2 Å². The molecule has 1 amide bonds. The van der Waals surface area contributed by atoms with E-state index in [9.17, 15) is 14.4 Å². The quantitative estimate of drug-likeness (QED) is 0.701. The van der Waals surface area contributed by atoms with Gasteiger partial charge in [0.05, 0.1) is 11.8 Å². The summed E-state index contributed by atoms with van der Waals surface area (Å²) in [5, 5.41) is 17.8. The molecule has 122 valence electrons. The minimum atomic E-state index is -1.06. The summed E-state index contributed by atoms with van der Waals surface area (Å²) in [6, 6.07) is 1.67. The number of carbonyl (C=O) groups is 2. The van der Waals surface area contributed by atoms with Gasteiger partial charge in [-0.3, -0.25) is 9.59 Å². The number of nitrogens with zero attached hydrogens (tertiary/aromatic N) is 4. The maximum absolute atomic E-state index is 12.2. The number of hydrogen-bond donors (Lipinski definition) is 3. The monoisotopic (exact) mass is 321 g/mol. The van der Waals surface area contributed by atoms with Gasteiger partial charge in [0, 0.05) is 32.2 Å². The van der Waals surface area contributed by atoms with Crippen molar-refractivity contribution in [3.63, 3.8) is 0 Å². The number of carboxylic acids is 1. The van der Waals surface area contributed by atoms with Crippen molar-refractivity contribution in [3.8, 4) is 0 Å². The maximum Gasteiger partial charge on any atom is 0.407 e. The highest BCUT2D eigenvalue weighted by atomic mass is 16.4. The van der Waals surface area contributed by atoms with Crippen LogP contribution in [0.3, 0.4) is 0 Å². The number of carboxylic acid groups (broad SMARTS) is 2. The lowest BCUT2D eigenvalue weighted by atomic mass is 10.3. The van der Waals surface area contributed by atoms with Gasteiger partial charge in [-0.05, 0) is 0 Å². The normalized spacial score (nSPS) is 15.1. The number of fused-ring (bicyclic) bond motifs is 1. The third-order valence-corrected chi connectivity index (χ3v) is 3.79. The number of pyridine rings is 1. The first-order chi connectivity index (χ1) is 11.0. The van der Waals surface area contributed by atoms with Gasteiger partial charge in [0.15, 0.2) is 0 Å². The Labute approximate surface area is 129 Å². The summed E-state index contributed by atoms with van der Waals surface area (Å²) in [5.41, 5.74) is 0.197. The number of aromatic amines is 1. The van der Waals surface area contributed by atoms with Crippen LogP contribution in [0.5, 0.6) is 0 Å². The van der Waals surface area contributed by atoms with Crippen LogP contribution in [0.2, 0.25) is 0 Å². The highest BCUT2D eigenvalue weighted by Crippen LogP contribution is 2.17. The topological polar surface area (TPSA) is 132 Å². The van der Waals surface area contributed by atoms with E-state index in [2.05, 4.69) is 9.97 Å². The van der Waals surface area contributed by atoms with E-state index in [-0.39, 0.29) is 12.1 Å². The lowest BCUT2D eigenvalue weighted by molar-refractivity contribution is -0.137. The molecule has 3 heterocycles. The van der Waals surface area contributed by atoms with Crippen LogP contribution in [0.25, 0.3) is 11.0 Å². The fraction of sp³-hybridized carbons (Fsp3) is 0.385. The van der Waals surface area contributed by atoms with E-state index in [1.54, 1.807) is 6.07 Å². The Morgan fingerprint density at radius 1 is 1.22 bits per heavy atom. The van der Waals surface area contributed by atoms with E-state index in [1.165, 1.54) is 15.8 Å². The van der Waals surface area contributed by atoms with Gasteiger partial charge in [-0.25, -0.2) is 9.78 Å². The lowest BCUT2D eigenvalue weighted by Gasteiger charge is -2.34. The van der Waals surface area contributed by atoms with Crippen molar-refractivity contribution in [3.05, 3.63) is 22.7 Å². The molecule has 1 aliphatic heterocycles. The zero-order chi connectivity index (χ0) is 16.6. The van der Waals surface area contributed by atoms with E-state index in [0.29, 0.717) is 37.5 Å². The summed E-state index contributed by atoms with van der Waals surface area (Å²) in [6.07, 6.45) is 0.362. The minimum Gasteiger partial charge on any atom is -0.480 e. The molecule has 0 saturated carbocycles. The molecule has 1 aliphatic rings. The molecule has 23 heavy (non-hydrogen) atoms. The number of aromatic nitrogens is 3. The molecule has 3 N–H and O–H groups in total. The Hall–Kier alpha value is -3.04. The number of imidazole rings is 1. The maximum atomic E-state index is 12.2. The van der Waals surface area contributed by atoms with Crippen LogP contribution in [0.15, 0.2) is 17.2 Å². The number of anilines is 1. The van der Waals surface area contributed by atoms with E-state index < -0.39 is 17.6 Å². The third kappa shape index (κ3) is 2.82. The fourth-order valence-electron chi connectivity index (χ4n) is 2.67. The SMILES string of the molecule is O=C(O)Cn1cnc2cc(N3CCN(C(=O)O)CC3)[nH]c(=O)c21. The van der Waals surface area contributed by atoms with Crippen LogP contribution in [-0.4, -0.2) is 67.9 Å². The van der Waals surface area contributed by atoms with Crippen LogP contribution in [0.4, 0.5) is 10.6 Å². The van der Waals surface area contributed by atoms with Gasteiger partial charge in [0.2, 0.25) is 0 Å². The highest BCUT2D eigenvalue weighted by molar-refractivity contribution is 5.79. The summed E-state index contributed by atoms with van der Waals surface area (Å²) in [4.78, 5) is 43.9. The van der Waals surface area contributed by atoms with Gasteiger partial charge in [-0.1, -0.05) is 0 Å². The summed E-state index contributed by atoms with van der Waals surface area (Å²) in [7, 11) is 0. The molecule has 0 bridgehead atoms. The van der Waals surface area contributed by atoms with Gasteiger partial charge in [-0.2, -0.15) is 0 Å². The number of piperazine rings is 1. The molecular weight excluding hydrogens is 306 g/mol. The average Bonchev–Trinajstić information content (AvgIpc) is 2.90. The molecule has 2 aromatic heterocycles. The molecule has 0 spiro atoms. The third-order valence-electron chi connectivity index (χ3n) is 3.79. The Morgan fingerprint density at radius 2 is 1.91 bits per heavy atom. The van der Waals surface area contributed by atoms with Crippen LogP contribution in [0, 0.1) is 0 Å². The van der Waals surface area contributed by atoms with Gasteiger partial charge >= 0.3 is 12.1 Å². The number of amides is 1. The summed E-state index contributed by atoms with van der Waals surface area (Å²) >= 11 is 0. The van der Waals surface area contributed by atoms with Crippen molar-refractivity contribution < 1.29 is 19.8 Å². The molecule has 3 rings (SSSR count). The van der Waals surface area contributed by atoms with E-state index in [1.807, 2.05) is 4.90 Å². The number of hydrogen-bond acceptors (Lipinski definition) is 5. The molecule has 10 nitrogen and oxygen atoms in total. The van der Waals surface area contributed by atoms with Gasteiger partial charge in [0.25, 0.3) is 5.56 Å². The highest BCUT2D eigenvalue weighted by Gasteiger charge is 2.22. The number of H-pyrrole nitrogens is 1. The summed E-state index contributed by atoms with van der Waals surface area (Å²) < 4.78 is 1.28. The van der Waals surface area contributed by atoms with Crippen LogP contribution in [-0.2, 0) is 11.3 Å². The molecule has 10 heteroatoms. The summed E-state index contributed by atoms with van der Waals surface area (Å²) in [5.74, 6) is -0.509. The fourth-order valence-corrected chi connectivity index (χ4v) is 2.67. The second-order valence-corrected chi connectivity index (χ2v) is 5.24. The van der Waals surface area contributed by atoms with E-state index in [0.717, 1.165) is 0 Å². The molecule has 1 fully saturated rings. The lowest BCUT2D eigenvalue weighted by Crippen LogP contribution is -2.48. The molecule has 0 radical (unpaired) electrons. The Bertz CT molecular complexity index is 818. The summed E-state index contributed by atoms with van der Waals surface area (Å²) in [6.45, 7) is 1.29.